The van der Waals surface area contributed by atoms with Crippen LogP contribution in [0.3, 0.4) is 0 Å². The van der Waals surface area contributed by atoms with Crippen molar-refractivity contribution in [2.24, 2.45) is 0 Å². The fourth-order valence-corrected chi connectivity index (χ4v) is 6.08. The summed E-state index contributed by atoms with van der Waals surface area (Å²) in [5.41, 5.74) is 7.00. The first kappa shape index (κ1) is 19.2. The number of benzene rings is 3. The van der Waals surface area contributed by atoms with Crippen molar-refractivity contribution in [2.45, 2.75) is 24.4 Å². The number of para-hydroxylation sites is 3. The van der Waals surface area contributed by atoms with Crippen LogP contribution >= 0.6 is 0 Å². The normalized spacial score (nSPS) is 22.6. The highest BCUT2D eigenvalue weighted by molar-refractivity contribution is 6.09. The van der Waals surface area contributed by atoms with Crippen molar-refractivity contribution < 1.29 is 0 Å². The lowest BCUT2D eigenvalue weighted by Crippen LogP contribution is -2.41. The number of anilines is 1. The minimum Gasteiger partial charge on any atom is -0.355 e. The number of hydrogen-bond donors (Lipinski definition) is 0. The zero-order valence-corrected chi connectivity index (χ0v) is 18.7. The molecule has 3 aliphatic rings. The molecule has 3 nitrogen and oxygen atoms in total. The first-order valence-corrected chi connectivity index (χ1v) is 11.9. The molecule has 3 unspecified atom stereocenters. The van der Waals surface area contributed by atoms with Gasteiger partial charge in [-0.2, -0.15) is 5.26 Å². The van der Waals surface area contributed by atoms with Crippen LogP contribution in [0, 0.1) is 11.3 Å². The smallest absolute Gasteiger partial charge is 0.0988 e. The summed E-state index contributed by atoms with van der Waals surface area (Å²) in [6.45, 7) is 0. The molecular weight excluding hydrogens is 414 g/mol. The van der Waals surface area contributed by atoms with E-state index in [-0.39, 0.29) is 12.1 Å². The fraction of sp³-hybridized carbons (Fsp3) is 0.129. The van der Waals surface area contributed by atoms with Crippen molar-refractivity contribution in [3.8, 4) is 11.8 Å². The molecule has 7 rings (SSSR count). The standard InChI is InChI=1S/C31H23N3/c32-20-21-9-7-10-22(19-21)33-27-15-4-3-13-25(27)26-14-8-18-30(31(26)33)34-28-16-5-1-11-23(28)24-12-2-6-17-29(24)34/h1-9,11-19,22,25,27H,10H2. The van der Waals surface area contributed by atoms with Crippen LogP contribution in [0.4, 0.5) is 5.69 Å². The SMILES string of the molecule is N#CC1=CC(N2c3c(cccc3-n3c4ccccc4c4ccccc43)C3C=CC=CC32)CC=C1. The third-order valence-electron chi connectivity index (χ3n) is 7.44. The minimum absolute atomic E-state index is 0.138. The molecule has 0 saturated carbocycles. The maximum Gasteiger partial charge on any atom is 0.0988 e. The van der Waals surface area contributed by atoms with E-state index >= 15 is 0 Å². The summed E-state index contributed by atoms with van der Waals surface area (Å²) in [5, 5.41) is 12.1. The summed E-state index contributed by atoms with van der Waals surface area (Å²) in [4.78, 5) is 2.56. The third kappa shape index (κ3) is 2.63. The van der Waals surface area contributed by atoms with Gasteiger partial charge in [0, 0.05) is 22.3 Å². The molecule has 0 radical (unpaired) electrons. The van der Waals surface area contributed by atoms with Gasteiger partial charge in [-0.1, -0.05) is 78.9 Å². The predicted molar refractivity (Wildman–Crippen MR) is 139 cm³/mol. The van der Waals surface area contributed by atoms with Gasteiger partial charge in [-0.15, -0.1) is 0 Å². The molecule has 3 atom stereocenters. The van der Waals surface area contributed by atoms with Gasteiger partial charge in [0.05, 0.1) is 40.6 Å². The third-order valence-corrected chi connectivity index (χ3v) is 7.44. The molecule has 0 spiro atoms. The minimum atomic E-state index is 0.138. The summed E-state index contributed by atoms with van der Waals surface area (Å²) >= 11 is 0. The lowest BCUT2D eigenvalue weighted by atomic mass is 9.91. The van der Waals surface area contributed by atoms with E-state index in [0.29, 0.717) is 5.92 Å². The molecule has 3 aromatic carbocycles. The molecule has 0 saturated heterocycles. The van der Waals surface area contributed by atoms with Gasteiger partial charge in [0.15, 0.2) is 0 Å². The van der Waals surface area contributed by atoms with Crippen LogP contribution in [0.25, 0.3) is 27.5 Å². The summed E-state index contributed by atoms with van der Waals surface area (Å²) in [5.74, 6) is 0.304. The topological polar surface area (TPSA) is 32.0 Å². The molecule has 2 heterocycles. The van der Waals surface area contributed by atoms with Gasteiger partial charge >= 0.3 is 0 Å². The van der Waals surface area contributed by atoms with E-state index in [1.54, 1.807) is 0 Å². The zero-order valence-electron chi connectivity index (χ0n) is 18.7. The average Bonchev–Trinajstić information content (AvgIpc) is 3.42. The number of rotatable bonds is 2. The predicted octanol–water partition coefficient (Wildman–Crippen LogP) is 6.96. The van der Waals surface area contributed by atoms with Crippen LogP contribution < -0.4 is 4.90 Å². The second kappa shape index (κ2) is 7.37. The highest BCUT2D eigenvalue weighted by Gasteiger charge is 2.41. The number of fused-ring (bicyclic) bond motifs is 6. The first-order valence-electron chi connectivity index (χ1n) is 11.9. The van der Waals surface area contributed by atoms with Crippen molar-refractivity contribution in [1.29, 1.82) is 5.26 Å². The van der Waals surface area contributed by atoms with E-state index in [9.17, 15) is 5.26 Å². The Labute approximate surface area is 198 Å². The Kier molecular flexibility index (Phi) is 4.16. The Bertz CT molecular complexity index is 1570. The Morgan fingerprint density at radius 1 is 0.824 bits per heavy atom. The van der Waals surface area contributed by atoms with E-state index in [1.165, 1.54) is 38.7 Å². The fourth-order valence-electron chi connectivity index (χ4n) is 6.08. The van der Waals surface area contributed by atoms with Crippen molar-refractivity contribution in [1.82, 2.24) is 4.57 Å². The molecule has 1 aliphatic heterocycles. The number of hydrogen-bond acceptors (Lipinski definition) is 2. The van der Waals surface area contributed by atoms with Crippen LogP contribution in [-0.4, -0.2) is 16.7 Å². The Morgan fingerprint density at radius 3 is 2.32 bits per heavy atom. The Morgan fingerprint density at radius 2 is 1.56 bits per heavy atom. The van der Waals surface area contributed by atoms with Gasteiger partial charge in [0.25, 0.3) is 0 Å². The quantitative estimate of drug-likeness (QED) is 0.339. The summed E-state index contributed by atoms with van der Waals surface area (Å²) in [6.07, 6.45) is 16.1. The van der Waals surface area contributed by atoms with E-state index < -0.39 is 0 Å². The van der Waals surface area contributed by atoms with Gasteiger partial charge in [0.2, 0.25) is 0 Å². The highest BCUT2D eigenvalue weighted by atomic mass is 15.2. The summed E-state index contributed by atoms with van der Waals surface area (Å²) in [6, 6.07) is 26.8. The molecular formula is C31H23N3. The molecule has 0 bridgehead atoms. The maximum atomic E-state index is 9.60. The van der Waals surface area contributed by atoms with Crippen molar-refractivity contribution in [2.75, 3.05) is 4.90 Å². The maximum absolute atomic E-state index is 9.60. The number of allylic oxidation sites excluding steroid dienone is 4. The van der Waals surface area contributed by atoms with Crippen molar-refractivity contribution >= 4 is 27.5 Å². The molecule has 1 aromatic heterocycles. The monoisotopic (exact) mass is 437 g/mol. The van der Waals surface area contributed by atoms with Crippen LogP contribution in [0.5, 0.6) is 0 Å². The molecule has 2 aliphatic carbocycles. The van der Waals surface area contributed by atoms with Gasteiger partial charge in [0.1, 0.15) is 0 Å². The van der Waals surface area contributed by atoms with E-state index in [4.69, 9.17) is 0 Å². The van der Waals surface area contributed by atoms with E-state index in [1.807, 2.05) is 6.08 Å². The van der Waals surface area contributed by atoms with Gasteiger partial charge in [-0.05, 0) is 42.3 Å². The second-order valence-corrected chi connectivity index (χ2v) is 9.22. The van der Waals surface area contributed by atoms with Crippen molar-refractivity contribution in [3.63, 3.8) is 0 Å². The van der Waals surface area contributed by atoms with E-state index in [0.717, 1.165) is 12.0 Å². The Balaban J connectivity index is 1.54. The Hall–Kier alpha value is -4.29. The molecule has 0 fully saturated rings. The van der Waals surface area contributed by atoms with Gasteiger partial charge < -0.3 is 9.47 Å². The molecule has 4 aromatic rings. The molecule has 0 N–H and O–H groups in total. The molecule has 162 valence electrons. The lowest BCUT2D eigenvalue weighted by molar-refractivity contribution is 0.612. The lowest BCUT2D eigenvalue weighted by Gasteiger charge is -2.36. The number of nitriles is 1. The molecule has 3 heteroatoms. The number of aromatic nitrogens is 1. The zero-order chi connectivity index (χ0) is 22.6. The van der Waals surface area contributed by atoms with Gasteiger partial charge in [-0.3, -0.25) is 0 Å². The highest BCUT2D eigenvalue weighted by Crippen LogP contribution is 2.50. The van der Waals surface area contributed by atoms with Crippen molar-refractivity contribution in [3.05, 3.63) is 120 Å². The first-order chi connectivity index (χ1) is 16.8. The van der Waals surface area contributed by atoms with Crippen LogP contribution in [0.2, 0.25) is 0 Å². The second-order valence-electron chi connectivity index (χ2n) is 9.22. The summed E-state index contributed by atoms with van der Waals surface area (Å²) in [7, 11) is 0. The van der Waals surface area contributed by atoms with E-state index in [2.05, 4.69) is 119 Å². The van der Waals surface area contributed by atoms with Crippen LogP contribution in [0.1, 0.15) is 17.9 Å². The molecule has 0 amide bonds. The largest absolute Gasteiger partial charge is 0.355 e. The van der Waals surface area contributed by atoms with Gasteiger partial charge in [-0.25, -0.2) is 0 Å². The van der Waals surface area contributed by atoms with Crippen LogP contribution in [0.15, 0.2) is 115 Å². The summed E-state index contributed by atoms with van der Waals surface area (Å²) < 4.78 is 2.43. The number of nitrogens with zero attached hydrogens (tertiary/aromatic N) is 3. The molecule has 34 heavy (non-hydrogen) atoms. The van der Waals surface area contributed by atoms with Crippen LogP contribution in [-0.2, 0) is 0 Å². The average molecular weight is 438 g/mol.